The number of hydrogen-bond donors (Lipinski definition) is 1. The Balaban J connectivity index is 1.15. The van der Waals surface area contributed by atoms with Crippen LogP contribution in [0.1, 0.15) is 54.9 Å². The molecule has 3 aliphatic carbocycles. The maximum atomic E-state index is 12.8. The highest BCUT2D eigenvalue weighted by atomic mass is 32.1. The molecule has 2 aromatic heterocycles. The molecule has 0 unspecified atom stereocenters. The fraction of sp³-hybridized carbons (Fsp3) is 0.609. The van der Waals surface area contributed by atoms with Gasteiger partial charge in [0.2, 0.25) is 0 Å². The van der Waals surface area contributed by atoms with Gasteiger partial charge < -0.3 is 9.88 Å². The molecule has 1 spiro atoms. The summed E-state index contributed by atoms with van der Waals surface area (Å²) in [4.78, 5) is 30.4. The van der Waals surface area contributed by atoms with Crippen LogP contribution in [0.25, 0.3) is 5.57 Å². The number of nitrogens with one attached hydrogen (secondary N) is 1. The zero-order chi connectivity index (χ0) is 20.3. The Morgan fingerprint density at radius 2 is 1.97 bits per heavy atom. The predicted molar refractivity (Wildman–Crippen MR) is 120 cm³/mol. The van der Waals surface area contributed by atoms with Crippen LogP contribution in [-0.2, 0) is 12.8 Å². The lowest BCUT2D eigenvalue weighted by Crippen LogP contribution is -2.49. The molecule has 3 heterocycles. The zero-order valence-electron chi connectivity index (χ0n) is 17.6. The molecule has 0 radical (unpaired) electrons. The van der Waals surface area contributed by atoms with Crippen molar-refractivity contribution in [2.24, 2.45) is 5.41 Å². The maximum Gasteiger partial charge on any atom is 0.254 e. The number of thiazole rings is 1. The van der Waals surface area contributed by atoms with Crippen LogP contribution < -0.4 is 10.5 Å². The van der Waals surface area contributed by atoms with E-state index in [-0.39, 0.29) is 5.56 Å². The Bertz CT molecular complexity index is 1060. The second-order valence-corrected chi connectivity index (χ2v) is 10.4. The summed E-state index contributed by atoms with van der Waals surface area (Å²) in [5, 5.41) is 3.28. The summed E-state index contributed by atoms with van der Waals surface area (Å²) in [5.74, 6) is 0.824. The molecule has 30 heavy (non-hydrogen) atoms. The van der Waals surface area contributed by atoms with Crippen LogP contribution in [0, 0.1) is 12.3 Å². The second kappa shape index (κ2) is 7.02. The van der Waals surface area contributed by atoms with Gasteiger partial charge in [0, 0.05) is 43.2 Å². The van der Waals surface area contributed by atoms with E-state index in [0.717, 1.165) is 79.8 Å². The topological polar surface area (TPSA) is 65.1 Å². The summed E-state index contributed by atoms with van der Waals surface area (Å²) < 4.78 is 0. The van der Waals surface area contributed by atoms with Crippen molar-refractivity contribution in [2.75, 3.05) is 31.1 Å². The highest BCUT2D eigenvalue weighted by molar-refractivity contribution is 7.13. The van der Waals surface area contributed by atoms with Crippen molar-refractivity contribution in [1.82, 2.24) is 19.9 Å². The molecular weight excluding hydrogens is 394 g/mol. The molecule has 6 rings (SSSR count). The number of allylic oxidation sites excluding steroid dienone is 1. The molecule has 1 N–H and O–H groups in total. The lowest BCUT2D eigenvalue weighted by Gasteiger charge is -2.37. The third-order valence-electron chi connectivity index (χ3n) is 7.57. The van der Waals surface area contributed by atoms with Gasteiger partial charge in [-0.15, -0.1) is 11.3 Å². The summed E-state index contributed by atoms with van der Waals surface area (Å²) in [5.41, 5.74) is 4.91. The smallest absolute Gasteiger partial charge is 0.254 e. The number of nitrogens with zero attached hydrogens (tertiary/aromatic N) is 4. The van der Waals surface area contributed by atoms with Gasteiger partial charge in [-0.1, -0.05) is 6.08 Å². The van der Waals surface area contributed by atoms with Crippen LogP contribution in [0.15, 0.2) is 16.3 Å². The fourth-order valence-electron chi connectivity index (χ4n) is 5.46. The van der Waals surface area contributed by atoms with E-state index in [1.54, 1.807) is 11.3 Å². The molecule has 0 amide bonds. The van der Waals surface area contributed by atoms with Crippen molar-refractivity contribution in [3.05, 3.63) is 44.6 Å². The molecule has 1 aliphatic heterocycles. The zero-order valence-corrected chi connectivity index (χ0v) is 18.4. The molecular formula is C23H29N5OS. The van der Waals surface area contributed by atoms with Crippen molar-refractivity contribution in [2.45, 2.75) is 57.9 Å². The Hall–Kier alpha value is -1.99. The fourth-order valence-corrected chi connectivity index (χ4v) is 6.31. The van der Waals surface area contributed by atoms with E-state index in [1.165, 1.54) is 24.8 Å². The molecule has 1 atom stereocenters. The summed E-state index contributed by atoms with van der Waals surface area (Å²) in [6.07, 6.45) is 10.2. The molecule has 2 fully saturated rings. The molecule has 2 aromatic rings. The highest BCUT2D eigenvalue weighted by Gasteiger charge is 2.45. The SMILES string of the molecule is Cc1csc(N2CCN([C@H]3C=C(c4nc5c(c(=O)[nH]4)CC4(CC5)CC4)CC3)CC2)n1. The van der Waals surface area contributed by atoms with E-state index in [4.69, 9.17) is 4.98 Å². The molecule has 6 nitrogen and oxygen atoms in total. The summed E-state index contributed by atoms with van der Waals surface area (Å²) >= 11 is 1.75. The van der Waals surface area contributed by atoms with Gasteiger partial charge in [0.05, 0.1) is 11.4 Å². The predicted octanol–water partition coefficient (Wildman–Crippen LogP) is 3.17. The van der Waals surface area contributed by atoms with Crippen molar-refractivity contribution in [3.8, 4) is 0 Å². The van der Waals surface area contributed by atoms with Gasteiger partial charge >= 0.3 is 0 Å². The highest BCUT2D eigenvalue weighted by Crippen LogP contribution is 2.53. The van der Waals surface area contributed by atoms with Crippen molar-refractivity contribution in [1.29, 1.82) is 0 Å². The van der Waals surface area contributed by atoms with Gasteiger partial charge in [-0.3, -0.25) is 9.69 Å². The third-order valence-corrected chi connectivity index (χ3v) is 8.59. The van der Waals surface area contributed by atoms with E-state index >= 15 is 0 Å². The molecule has 158 valence electrons. The van der Waals surface area contributed by atoms with Gasteiger partial charge in [-0.2, -0.15) is 0 Å². The Labute approximate surface area is 181 Å². The van der Waals surface area contributed by atoms with E-state index in [2.05, 4.69) is 38.1 Å². The second-order valence-electron chi connectivity index (χ2n) is 9.61. The molecule has 7 heteroatoms. The molecule has 4 aliphatic rings. The van der Waals surface area contributed by atoms with Crippen LogP contribution in [0.2, 0.25) is 0 Å². The maximum absolute atomic E-state index is 12.8. The average Bonchev–Trinajstić information content (AvgIpc) is 3.15. The average molecular weight is 424 g/mol. The third kappa shape index (κ3) is 3.32. The van der Waals surface area contributed by atoms with Crippen molar-refractivity contribution in [3.63, 3.8) is 0 Å². The number of aryl methyl sites for hydroxylation is 2. The Morgan fingerprint density at radius 3 is 2.70 bits per heavy atom. The van der Waals surface area contributed by atoms with Crippen molar-refractivity contribution < 1.29 is 0 Å². The summed E-state index contributed by atoms with van der Waals surface area (Å²) in [7, 11) is 0. The monoisotopic (exact) mass is 423 g/mol. The number of H-pyrrole nitrogens is 1. The molecule has 0 bridgehead atoms. The normalized spacial score (nSPS) is 25.4. The standard InChI is InChI=1S/C23H29N5OS/c1-15-14-30-22(24-15)28-10-8-27(9-11-28)17-3-2-16(12-17)20-25-19-4-5-23(6-7-23)13-18(19)21(29)26-20/h12,14,17H,2-11,13H2,1H3,(H,25,26,29)/t17-/m1/s1. The lowest BCUT2D eigenvalue weighted by molar-refractivity contribution is 0.214. The minimum Gasteiger partial charge on any atom is -0.346 e. The summed E-state index contributed by atoms with van der Waals surface area (Å²) in [6, 6.07) is 0.455. The van der Waals surface area contributed by atoms with Gasteiger partial charge in [-0.25, -0.2) is 9.97 Å². The largest absolute Gasteiger partial charge is 0.346 e. The Morgan fingerprint density at radius 1 is 1.13 bits per heavy atom. The van der Waals surface area contributed by atoms with Gasteiger partial charge in [-0.05, 0) is 62.9 Å². The number of hydrogen-bond acceptors (Lipinski definition) is 6. The molecule has 1 saturated carbocycles. The van der Waals surface area contributed by atoms with Crippen LogP contribution in [0.5, 0.6) is 0 Å². The van der Waals surface area contributed by atoms with Gasteiger partial charge in [0.25, 0.3) is 5.56 Å². The first-order valence-corrected chi connectivity index (χ1v) is 12.2. The van der Waals surface area contributed by atoms with Gasteiger partial charge in [0.1, 0.15) is 5.82 Å². The van der Waals surface area contributed by atoms with E-state index in [1.807, 2.05) is 0 Å². The summed E-state index contributed by atoms with van der Waals surface area (Å²) in [6.45, 7) is 6.24. The van der Waals surface area contributed by atoms with Crippen LogP contribution >= 0.6 is 11.3 Å². The quantitative estimate of drug-likeness (QED) is 0.822. The first-order chi connectivity index (χ1) is 14.6. The number of anilines is 1. The minimum absolute atomic E-state index is 0.109. The molecule has 0 aromatic carbocycles. The van der Waals surface area contributed by atoms with Crippen LogP contribution in [0.4, 0.5) is 5.13 Å². The number of fused-ring (bicyclic) bond motifs is 1. The first-order valence-electron chi connectivity index (χ1n) is 11.3. The number of rotatable bonds is 3. The van der Waals surface area contributed by atoms with Crippen LogP contribution in [-0.4, -0.2) is 52.1 Å². The van der Waals surface area contributed by atoms with Crippen LogP contribution in [0.3, 0.4) is 0 Å². The molecule has 1 saturated heterocycles. The van der Waals surface area contributed by atoms with Gasteiger partial charge in [0.15, 0.2) is 5.13 Å². The number of aromatic amines is 1. The number of piperazine rings is 1. The Kier molecular flexibility index (Phi) is 4.39. The van der Waals surface area contributed by atoms with Crippen molar-refractivity contribution >= 4 is 22.0 Å². The van der Waals surface area contributed by atoms with E-state index in [0.29, 0.717) is 11.5 Å². The first kappa shape index (κ1) is 18.8. The minimum atomic E-state index is 0.109. The number of aromatic nitrogens is 3. The van der Waals surface area contributed by atoms with E-state index in [9.17, 15) is 4.79 Å². The van der Waals surface area contributed by atoms with E-state index < -0.39 is 0 Å². The lowest BCUT2D eigenvalue weighted by atomic mass is 9.84.